The van der Waals surface area contributed by atoms with E-state index in [0.717, 1.165) is 11.1 Å². The van der Waals surface area contributed by atoms with Gasteiger partial charge in [-0.25, -0.2) is 9.59 Å². The zero-order chi connectivity index (χ0) is 13.8. The molecule has 0 unspecified atom stereocenters. The minimum absolute atomic E-state index is 0.316. The van der Waals surface area contributed by atoms with Gasteiger partial charge >= 0.3 is 12.0 Å². The van der Waals surface area contributed by atoms with Crippen molar-refractivity contribution in [2.75, 3.05) is 6.54 Å². The number of carboxylic acid groups (broad SMARTS) is 1. The highest BCUT2D eigenvalue weighted by molar-refractivity contribution is 5.83. The zero-order valence-corrected chi connectivity index (χ0v) is 10.5. The predicted octanol–water partition coefficient (Wildman–Crippen LogP) is 1.39. The molecule has 1 atom stereocenters. The molecule has 2 rings (SSSR count). The topological polar surface area (TPSA) is 69.6 Å². The highest BCUT2D eigenvalue weighted by atomic mass is 16.4. The lowest BCUT2D eigenvalue weighted by Crippen LogP contribution is -2.52. The number of urea groups is 1. The molecule has 0 radical (unpaired) electrons. The fraction of sp³-hybridized carbons (Fsp3) is 0.286. The van der Waals surface area contributed by atoms with Crippen LogP contribution in [0.2, 0.25) is 0 Å². The number of fused-ring (bicyclic) bond motifs is 1. The Hall–Kier alpha value is -2.30. The van der Waals surface area contributed by atoms with Crippen LogP contribution in [0.15, 0.2) is 36.9 Å². The van der Waals surface area contributed by atoms with E-state index in [-0.39, 0.29) is 6.03 Å². The lowest BCUT2D eigenvalue weighted by Gasteiger charge is -2.34. The molecule has 2 N–H and O–H groups in total. The first-order valence-electron chi connectivity index (χ1n) is 6.08. The molecule has 19 heavy (non-hydrogen) atoms. The van der Waals surface area contributed by atoms with Crippen molar-refractivity contribution in [3.8, 4) is 0 Å². The lowest BCUT2D eigenvalue weighted by atomic mass is 9.94. The van der Waals surface area contributed by atoms with Crippen LogP contribution in [0, 0.1) is 0 Å². The summed E-state index contributed by atoms with van der Waals surface area (Å²) in [5.41, 5.74) is 1.98. The van der Waals surface area contributed by atoms with Gasteiger partial charge < -0.3 is 15.3 Å². The van der Waals surface area contributed by atoms with Gasteiger partial charge in [0.05, 0.1) is 0 Å². The van der Waals surface area contributed by atoms with Gasteiger partial charge in [-0.3, -0.25) is 0 Å². The summed E-state index contributed by atoms with van der Waals surface area (Å²) >= 11 is 0. The highest BCUT2D eigenvalue weighted by Gasteiger charge is 2.34. The molecule has 0 fully saturated rings. The molecule has 0 saturated heterocycles. The minimum Gasteiger partial charge on any atom is -0.480 e. The van der Waals surface area contributed by atoms with Gasteiger partial charge in [0.15, 0.2) is 0 Å². The fourth-order valence-electron chi connectivity index (χ4n) is 2.22. The third-order valence-electron chi connectivity index (χ3n) is 3.19. The second-order valence-corrected chi connectivity index (χ2v) is 4.43. The summed E-state index contributed by atoms with van der Waals surface area (Å²) in [6.07, 6.45) is 1.90. The number of nitrogens with one attached hydrogen (secondary N) is 1. The van der Waals surface area contributed by atoms with Gasteiger partial charge in [0.25, 0.3) is 0 Å². The van der Waals surface area contributed by atoms with E-state index < -0.39 is 12.0 Å². The second-order valence-electron chi connectivity index (χ2n) is 4.43. The van der Waals surface area contributed by atoms with E-state index in [1.165, 1.54) is 4.90 Å². The van der Waals surface area contributed by atoms with Gasteiger partial charge in [0.2, 0.25) is 0 Å². The second kappa shape index (κ2) is 5.56. The Balaban J connectivity index is 2.23. The van der Waals surface area contributed by atoms with Gasteiger partial charge in [-0.1, -0.05) is 30.3 Å². The molecule has 0 saturated carbocycles. The molecule has 0 aromatic heterocycles. The summed E-state index contributed by atoms with van der Waals surface area (Å²) in [6, 6.07) is 6.40. The average Bonchev–Trinajstić information content (AvgIpc) is 2.43. The number of carbonyl (C=O) groups excluding carboxylic acids is 1. The van der Waals surface area contributed by atoms with Crippen LogP contribution >= 0.6 is 0 Å². The minimum atomic E-state index is -0.983. The third-order valence-corrected chi connectivity index (χ3v) is 3.19. The largest absolute Gasteiger partial charge is 0.480 e. The number of rotatable bonds is 3. The van der Waals surface area contributed by atoms with Crippen LogP contribution in [0.3, 0.4) is 0 Å². The smallest absolute Gasteiger partial charge is 0.326 e. The lowest BCUT2D eigenvalue weighted by molar-refractivity contribution is -0.142. The Morgan fingerprint density at radius 3 is 2.74 bits per heavy atom. The van der Waals surface area contributed by atoms with Crippen LogP contribution < -0.4 is 5.32 Å². The Kier molecular flexibility index (Phi) is 3.85. The van der Waals surface area contributed by atoms with Crippen LogP contribution in [0.1, 0.15) is 11.1 Å². The SMILES string of the molecule is C=CCNC(=O)N1Cc2ccccc2C[C@H]1C(=O)O. The molecule has 0 spiro atoms. The van der Waals surface area contributed by atoms with Crippen molar-refractivity contribution in [2.45, 2.75) is 19.0 Å². The number of hydrogen-bond donors (Lipinski definition) is 2. The molecule has 1 aromatic carbocycles. The van der Waals surface area contributed by atoms with Gasteiger partial charge in [-0.15, -0.1) is 6.58 Å². The number of nitrogens with zero attached hydrogens (tertiary/aromatic N) is 1. The van der Waals surface area contributed by atoms with E-state index in [1.54, 1.807) is 6.08 Å². The molecule has 1 aliphatic rings. The summed E-state index contributed by atoms with van der Waals surface area (Å²) in [6.45, 7) is 4.16. The Morgan fingerprint density at radius 2 is 2.11 bits per heavy atom. The maximum atomic E-state index is 12.0. The van der Waals surface area contributed by atoms with Gasteiger partial charge in [-0.05, 0) is 11.1 Å². The molecular weight excluding hydrogens is 244 g/mol. The molecule has 100 valence electrons. The van der Waals surface area contributed by atoms with E-state index in [1.807, 2.05) is 24.3 Å². The average molecular weight is 260 g/mol. The molecular formula is C14H16N2O3. The van der Waals surface area contributed by atoms with Crippen molar-refractivity contribution in [1.82, 2.24) is 10.2 Å². The molecule has 0 aliphatic carbocycles. The van der Waals surface area contributed by atoms with Crippen molar-refractivity contribution in [3.63, 3.8) is 0 Å². The molecule has 1 heterocycles. The van der Waals surface area contributed by atoms with E-state index >= 15 is 0 Å². The quantitative estimate of drug-likeness (QED) is 0.807. The van der Waals surface area contributed by atoms with Crippen LogP contribution in [0.4, 0.5) is 4.79 Å². The van der Waals surface area contributed by atoms with E-state index in [0.29, 0.717) is 19.5 Å². The van der Waals surface area contributed by atoms with Crippen LogP contribution in [0.25, 0.3) is 0 Å². The monoisotopic (exact) mass is 260 g/mol. The Labute approximate surface area is 111 Å². The fourth-order valence-corrected chi connectivity index (χ4v) is 2.22. The van der Waals surface area contributed by atoms with Crippen LogP contribution in [0.5, 0.6) is 0 Å². The maximum absolute atomic E-state index is 12.0. The van der Waals surface area contributed by atoms with Crippen LogP contribution in [-0.4, -0.2) is 34.6 Å². The standard InChI is InChI=1S/C14H16N2O3/c1-2-7-15-14(19)16-9-11-6-4-3-5-10(11)8-12(16)13(17)18/h2-6,12H,1,7-9H2,(H,15,19)(H,17,18)/t12-/m0/s1. The maximum Gasteiger partial charge on any atom is 0.326 e. The van der Waals surface area contributed by atoms with Gasteiger partial charge in [0.1, 0.15) is 6.04 Å². The molecule has 2 amide bonds. The zero-order valence-electron chi connectivity index (χ0n) is 10.5. The molecule has 1 aromatic rings. The number of hydrogen-bond acceptors (Lipinski definition) is 2. The van der Waals surface area contributed by atoms with E-state index in [2.05, 4.69) is 11.9 Å². The van der Waals surface area contributed by atoms with Crippen molar-refractivity contribution < 1.29 is 14.7 Å². The normalized spacial score (nSPS) is 17.5. The van der Waals surface area contributed by atoms with E-state index in [4.69, 9.17) is 0 Å². The number of carboxylic acids is 1. The number of aliphatic carboxylic acids is 1. The molecule has 1 aliphatic heterocycles. The highest BCUT2D eigenvalue weighted by Crippen LogP contribution is 2.23. The summed E-state index contributed by atoms with van der Waals surface area (Å²) < 4.78 is 0. The third kappa shape index (κ3) is 2.76. The molecule has 5 nitrogen and oxygen atoms in total. The molecule has 0 bridgehead atoms. The number of benzene rings is 1. The summed E-state index contributed by atoms with van der Waals surface area (Å²) in [7, 11) is 0. The first-order valence-corrected chi connectivity index (χ1v) is 6.08. The van der Waals surface area contributed by atoms with Gasteiger partial charge in [0, 0.05) is 19.5 Å². The summed E-state index contributed by atoms with van der Waals surface area (Å²) in [5.74, 6) is -0.983. The van der Waals surface area contributed by atoms with Crippen molar-refractivity contribution in [2.24, 2.45) is 0 Å². The van der Waals surface area contributed by atoms with Gasteiger partial charge in [-0.2, -0.15) is 0 Å². The van der Waals surface area contributed by atoms with E-state index in [9.17, 15) is 14.7 Å². The number of amides is 2. The van der Waals surface area contributed by atoms with Crippen molar-refractivity contribution >= 4 is 12.0 Å². The summed E-state index contributed by atoms with van der Waals surface area (Å²) in [5, 5.41) is 11.9. The first kappa shape index (κ1) is 13.1. The molecule has 5 heteroatoms. The van der Waals surface area contributed by atoms with Crippen molar-refractivity contribution in [1.29, 1.82) is 0 Å². The summed E-state index contributed by atoms with van der Waals surface area (Å²) in [4.78, 5) is 24.7. The Morgan fingerprint density at radius 1 is 1.42 bits per heavy atom. The number of carbonyl (C=O) groups is 2. The Bertz CT molecular complexity index is 513. The van der Waals surface area contributed by atoms with Crippen molar-refractivity contribution in [3.05, 3.63) is 48.0 Å². The van der Waals surface area contributed by atoms with Crippen LogP contribution in [-0.2, 0) is 17.8 Å². The first-order chi connectivity index (χ1) is 9.13. The predicted molar refractivity (Wildman–Crippen MR) is 70.7 cm³/mol.